The maximum absolute atomic E-state index is 2.81. The van der Waals surface area contributed by atoms with Crippen molar-refractivity contribution >= 4 is 0 Å². The summed E-state index contributed by atoms with van der Waals surface area (Å²) in [5.74, 6) is 0.874. The van der Waals surface area contributed by atoms with E-state index in [9.17, 15) is 0 Å². The van der Waals surface area contributed by atoms with Crippen LogP contribution in [0.5, 0.6) is 0 Å². The van der Waals surface area contributed by atoms with Crippen LogP contribution in [0.25, 0.3) is 0 Å². The van der Waals surface area contributed by atoms with Crippen LogP contribution < -0.4 is 0 Å². The lowest BCUT2D eigenvalue weighted by Gasteiger charge is -2.48. The van der Waals surface area contributed by atoms with Crippen molar-refractivity contribution in [2.75, 3.05) is 32.7 Å². The minimum Gasteiger partial charge on any atom is -0.303 e. The Morgan fingerprint density at radius 1 is 0.773 bits per heavy atom. The van der Waals surface area contributed by atoms with Crippen molar-refractivity contribution in [2.45, 2.75) is 78.7 Å². The number of hydrogen-bond acceptors (Lipinski definition) is 2. The molecule has 1 spiro atoms. The molecule has 1 aliphatic carbocycles. The summed E-state index contributed by atoms with van der Waals surface area (Å²) in [6.07, 6.45) is 10.3. The molecule has 0 radical (unpaired) electrons. The van der Waals surface area contributed by atoms with E-state index in [1.165, 1.54) is 77.7 Å². The molecule has 0 atom stereocenters. The van der Waals surface area contributed by atoms with Crippen LogP contribution in [0, 0.1) is 16.7 Å². The van der Waals surface area contributed by atoms with Gasteiger partial charge in [0.1, 0.15) is 0 Å². The number of nitrogens with zero attached hydrogens (tertiary/aromatic N) is 2. The van der Waals surface area contributed by atoms with Crippen LogP contribution in [-0.4, -0.2) is 48.6 Å². The zero-order chi connectivity index (χ0) is 15.8. The fraction of sp³-hybridized carbons (Fsp3) is 1.00. The molecule has 1 saturated carbocycles. The summed E-state index contributed by atoms with van der Waals surface area (Å²) in [7, 11) is 0. The third kappa shape index (κ3) is 3.87. The van der Waals surface area contributed by atoms with Gasteiger partial charge >= 0.3 is 0 Å². The highest BCUT2D eigenvalue weighted by atomic mass is 15.2. The van der Waals surface area contributed by atoms with Gasteiger partial charge in [0.25, 0.3) is 0 Å². The van der Waals surface area contributed by atoms with Gasteiger partial charge in [-0.3, -0.25) is 0 Å². The maximum Gasteiger partial charge on any atom is 0.00385 e. The van der Waals surface area contributed by atoms with Gasteiger partial charge in [0.15, 0.2) is 0 Å². The second-order valence-corrected chi connectivity index (χ2v) is 9.50. The van der Waals surface area contributed by atoms with Crippen molar-refractivity contribution in [1.29, 1.82) is 0 Å². The van der Waals surface area contributed by atoms with E-state index < -0.39 is 0 Å². The Morgan fingerprint density at radius 3 is 1.77 bits per heavy atom. The smallest absolute Gasteiger partial charge is 0.00385 e. The van der Waals surface area contributed by atoms with Gasteiger partial charge in [0.2, 0.25) is 0 Å². The van der Waals surface area contributed by atoms with Crippen LogP contribution in [0.3, 0.4) is 0 Å². The predicted octanol–water partition coefficient (Wildman–Crippen LogP) is 4.40. The predicted molar refractivity (Wildman–Crippen MR) is 95.2 cm³/mol. The molecule has 0 aromatic rings. The molecule has 3 aliphatic rings. The van der Waals surface area contributed by atoms with Crippen LogP contribution in [-0.2, 0) is 0 Å². The highest BCUT2D eigenvalue weighted by molar-refractivity contribution is 4.98. The van der Waals surface area contributed by atoms with E-state index >= 15 is 0 Å². The molecule has 3 fully saturated rings. The zero-order valence-electron chi connectivity index (χ0n) is 15.5. The van der Waals surface area contributed by atoms with Gasteiger partial charge in [-0.2, -0.15) is 0 Å². The Hall–Kier alpha value is -0.0800. The molecule has 0 amide bonds. The van der Waals surface area contributed by atoms with Crippen molar-refractivity contribution in [3.63, 3.8) is 0 Å². The largest absolute Gasteiger partial charge is 0.303 e. The van der Waals surface area contributed by atoms with Crippen molar-refractivity contribution in [2.24, 2.45) is 16.7 Å². The fourth-order valence-electron chi connectivity index (χ4n) is 5.14. The highest BCUT2D eigenvalue weighted by Crippen LogP contribution is 2.52. The second kappa shape index (κ2) is 6.43. The normalized spacial score (nSPS) is 28.6. The van der Waals surface area contributed by atoms with E-state index in [1.54, 1.807) is 0 Å². The van der Waals surface area contributed by atoms with Gasteiger partial charge in [-0.05, 0) is 102 Å². The summed E-state index contributed by atoms with van der Waals surface area (Å²) in [6.45, 7) is 16.3. The lowest BCUT2D eigenvalue weighted by molar-refractivity contribution is 0.0185. The SMILES string of the molecule is CC(C)CC1(CN2CCC3(CC2)CCN(C(C)C)CC3)CC1. The first-order valence-electron chi connectivity index (χ1n) is 9.89. The molecule has 0 unspecified atom stereocenters. The maximum atomic E-state index is 2.81. The summed E-state index contributed by atoms with van der Waals surface area (Å²) < 4.78 is 0. The Bertz CT molecular complexity index is 352. The minimum atomic E-state index is 0.705. The lowest BCUT2D eigenvalue weighted by atomic mass is 9.71. The van der Waals surface area contributed by atoms with Crippen LogP contribution in [0.15, 0.2) is 0 Å². The topological polar surface area (TPSA) is 6.48 Å². The second-order valence-electron chi connectivity index (χ2n) is 9.50. The van der Waals surface area contributed by atoms with Crippen LogP contribution in [0.1, 0.15) is 72.6 Å². The van der Waals surface area contributed by atoms with Gasteiger partial charge in [-0.25, -0.2) is 0 Å². The van der Waals surface area contributed by atoms with Gasteiger partial charge in [0, 0.05) is 12.6 Å². The standard InChI is InChI=1S/C20H38N2/c1-17(2)15-20(5-6-20)16-21-11-7-19(8-12-21)9-13-22(14-10-19)18(3)4/h17-18H,5-16H2,1-4H3. The summed E-state index contributed by atoms with van der Waals surface area (Å²) in [6, 6.07) is 0.739. The van der Waals surface area contributed by atoms with Gasteiger partial charge < -0.3 is 9.80 Å². The first-order valence-corrected chi connectivity index (χ1v) is 9.89. The van der Waals surface area contributed by atoms with Crippen LogP contribution in [0.2, 0.25) is 0 Å². The molecule has 128 valence electrons. The monoisotopic (exact) mass is 306 g/mol. The lowest BCUT2D eigenvalue weighted by Crippen LogP contribution is -2.49. The molecule has 2 nitrogen and oxygen atoms in total. The van der Waals surface area contributed by atoms with Crippen molar-refractivity contribution in [1.82, 2.24) is 9.80 Å². The average Bonchev–Trinajstić information content (AvgIpc) is 3.21. The quantitative estimate of drug-likeness (QED) is 0.743. The van der Waals surface area contributed by atoms with Crippen molar-refractivity contribution in [3.05, 3.63) is 0 Å². The first kappa shape index (κ1) is 16.8. The summed E-state index contributed by atoms with van der Waals surface area (Å²) in [4.78, 5) is 5.49. The van der Waals surface area contributed by atoms with Gasteiger partial charge in [-0.1, -0.05) is 13.8 Å². The number of rotatable bonds is 5. The molecule has 2 heteroatoms. The van der Waals surface area contributed by atoms with Gasteiger partial charge in [0.05, 0.1) is 0 Å². The molecule has 0 aromatic heterocycles. The number of hydrogen-bond donors (Lipinski definition) is 0. The van der Waals surface area contributed by atoms with E-state index in [0.29, 0.717) is 5.41 Å². The number of piperidine rings is 2. The van der Waals surface area contributed by atoms with E-state index in [2.05, 4.69) is 37.5 Å². The molecule has 2 aliphatic heterocycles. The molecule has 2 saturated heterocycles. The van der Waals surface area contributed by atoms with Gasteiger partial charge in [-0.15, -0.1) is 0 Å². The van der Waals surface area contributed by atoms with E-state index in [1.807, 2.05) is 0 Å². The molecule has 0 N–H and O–H groups in total. The fourth-order valence-corrected chi connectivity index (χ4v) is 5.14. The van der Waals surface area contributed by atoms with E-state index in [0.717, 1.165) is 17.4 Å². The summed E-state index contributed by atoms with van der Waals surface area (Å²) in [5, 5.41) is 0. The molecular weight excluding hydrogens is 268 g/mol. The molecule has 0 aromatic carbocycles. The molecule has 0 bridgehead atoms. The molecule has 3 rings (SSSR count). The van der Waals surface area contributed by atoms with E-state index in [-0.39, 0.29) is 0 Å². The molecule has 2 heterocycles. The Kier molecular flexibility index (Phi) is 4.90. The van der Waals surface area contributed by atoms with Crippen molar-refractivity contribution in [3.8, 4) is 0 Å². The average molecular weight is 307 g/mol. The summed E-state index contributed by atoms with van der Waals surface area (Å²) in [5.41, 5.74) is 1.43. The zero-order valence-corrected chi connectivity index (χ0v) is 15.5. The van der Waals surface area contributed by atoms with Crippen LogP contribution >= 0.6 is 0 Å². The minimum absolute atomic E-state index is 0.705. The van der Waals surface area contributed by atoms with Crippen LogP contribution in [0.4, 0.5) is 0 Å². The first-order chi connectivity index (χ1) is 10.4. The molecule has 22 heavy (non-hydrogen) atoms. The van der Waals surface area contributed by atoms with E-state index in [4.69, 9.17) is 0 Å². The van der Waals surface area contributed by atoms with Crippen molar-refractivity contribution < 1.29 is 0 Å². The number of likely N-dealkylation sites (tertiary alicyclic amines) is 2. The third-order valence-electron chi connectivity index (χ3n) is 6.86. The highest BCUT2D eigenvalue weighted by Gasteiger charge is 2.45. The Morgan fingerprint density at radius 2 is 1.32 bits per heavy atom. The third-order valence-corrected chi connectivity index (χ3v) is 6.86. The Labute approximate surface area is 138 Å². The Balaban J connectivity index is 1.45. The summed E-state index contributed by atoms with van der Waals surface area (Å²) >= 11 is 0. The molecular formula is C20H38N2.